The van der Waals surface area contributed by atoms with E-state index in [9.17, 15) is 19.2 Å². The van der Waals surface area contributed by atoms with Gasteiger partial charge in [-0.05, 0) is 126 Å². The largest absolute Gasteiger partial charge is 0.489 e. The summed E-state index contributed by atoms with van der Waals surface area (Å²) >= 11 is 0. The van der Waals surface area contributed by atoms with Crippen LogP contribution in [-0.4, -0.2) is 98.8 Å². The van der Waals surface area contributed by atoms with E-state index in [0.29, 0.717) is 71.9 Å². The van der Waals surface area contributed by atoms with Crippen molar-refractivity contribution in [2.24, 2.45) is 0 Å². The van der Waals surface area contributed by atoms with Gasteiger partial charge in [-0.3, -0.25) is 9.59 Å². The standard InChI is InChI=1S/C25H30N2O6.C24H28N2O6/c1-17(16-30-2)33-22-13-20(12-21(14-22)32-11-10-18-6-4-5-7-18)24(28)27-23-9-8-19(15-26-23)25(29)31-3;1-16(15-30-2)32-21-12-19(11-20(13-21)31-10-9-17-5-3-4-6-17)23(27)26-22-8-7-18(14-25-22)24(28)29/h8-10,12-15,17H,4-7,11,16H2,1-3H3,(H,26,27,28);7-9,11-14,16H,3-6,10,15H2,1-2H3,(H,28,29)(H,25,26,27)/t17-;16-/m00/s1. The average molecular weight is 895 g/mol. The number of hydrogen-bond acceptors (Lipinski definition) is 13. The van der Waals surface area contributed by atoms with Crippen molar-refractivity contribution in [1.82, 2.24) is 9.97 Å². The quantitative estimate of drug-likeness (QED) is 0.0561. The van der Waals surface area contributed by atoms with Crippen LogP contribution in [-0.2, 0) is 14.2 Å². The van der Waals surface area contributed by atoms with Crippen LogP contribution in [0.4, 0.5) is 11.6 Å². The molecule has 65 heavy (non-hydrogen) atoms. The van der Waals surface area contributed by atoms with Gasteiger partial charge in [0.2, 0.25) is 0 Å². The molecule has 2 heterocycles. The summed E-state index contributed by atoms with van der Waals surface area (Å²) in [6.45, 7) is 5.42. The molecule has 6 rings (SSSR count). The number of hydrogen-bond donors (Lipinski definition) is 3. The number of carbonyl (C=O) groups excluding carboxylic acids is 3. The fourth-order valence-corrected chi connectivity index (χ4v) is 6.97. The van der Waals surface area contributed by atoms with E-state index >= 15 is 0 Å². The molecule has 16 heteroatoms. The van der Waals surface area contributed by atoms with Gasteiger partial charge in [0.25, 0.3) is 11.8 Å². The molecule has 0 saturated heterocycles. The first-order chi connectivity index (χ1) is 31.4. The highest BCUT2D eigenvalue weighted by atomic mass is 16.5. The normalized spacial score (nSPS) is 13.9. The Balaban J connectivity index is 0.000000244. The maximum atomic E-state index is 12.9. The maximum absolute atomic E-state index is 12.9. The molecule has 2 fully saturated rings. The first-order valence-electron chi connectivity index (χ1n) is 21.5. The average Bonchev–Trinajstić information content (AvgIpc) is 4.02. The highest BCUT2D eigenvalue weighted by Crippen LogP contribution is 2.28. The zero-order valence-electron chi connectivity index (χ0n) is 37.6. The van der Waals surface area contributed by atoms with Gasteiger partial charge in [-0.1, -0.05) is 11.1 Å². The van der Waals surface area contributed by atoms with Gasteiger partial charge in [-0.2, -0.15) is 0 Å². The lowest BCUT2D eigenvalue weighted by atomic mass is 10.1. The van der Waals surface area contributed by atoms with Gasteiger partial charge in [-0.25, -0.2) is 19.6 Å². The predicted molar refractivity (Wildman–Crippen MR) is 244 cm³/mol. The van der Waals surface area contributed by atoms with E-state index in [2.05, 4.69) is 37.5 Å². The minimum atomic E-state index is -1.08. The molecular formula is C49H58N4O12. The van der Waals surface area contributed by atoms with Crippen LogP contribution in [0.3, 0.4) is 0 Å². The molecule has 0 spiro atoms. The number of carboxylic acid groups (broad SMARTS) is 1. The summed E-state index contributed by atoms with van der Waals surface area (Å²) in [5.41, 5.74) is 3.84. The van der Waals surface area contributed by atoms with Gasteiger partial charge < -0.3 is 48.9 Å². The van der Waals surface area contributed by atoms with Gasteiger partial charge >= 0.3 is 11.9 Å². The molecule has 0 bridgehead atoms. The van der Waals surface area contributed by atoms with Crippen LogP contribution in [0.1, 0.15) is 107 Å². The first kappa shape index (κ1) is 49.2. The Labute approximate surface area is 379 Å². The number of amides is 2. The molecule has 4 aromatic rings. The first-order valence-corrected chi connectivity index (χ1v) is 21.5. The number of carbonyl (C=O) groups is 4. The summed E-state index contributed by atoms with van der Waals surface area (Å²) in [6.07, 6.45) is 15.7. The molecule has 2 saturated carbocycles. The number of aromatic carboxylic acids is 1. The lowest BCUT2D eigenvalue weighted by Crippen LogP contribution is -2.19. The predicted octanol–water partition coefficient (Wildman–Crippen LogP) is 8.74. The number of rotatable bonds is 20. The molecule has 2 amide bonds. The number of anilines is 2. The van der Waals surface area contributed by atoms with Crippen molar-refractivity contribution >= 4 is 35.4 Å². The number of methoxy groups -OCH3 is 3. The molecule has 0 aliphatic heterocycles. The molecule has 2 aliphatic rings. The number of ether oxygens (including phenoxy) is 7. The van der Waals surface area contributed by atoms with Gasteiger partial charge in [0.1, 0.15) is 60.1 Å². The third kappa shape index (κ3) is 16.4. The van der Waals surface area contributed by atoms with Crippen molar-refractivity contribution < 1.29 is 57.4 Å². The van der Waals surface area contributed by atoms with Gasteiger partial charge in [0, 0.05) is 49.9 Å². The zero-order chi connectivity index (χ0) is 46.6. The van der Waals surface area contributed by atoms with E-state index in [0.717, 1.165) is 25.7 Å². The third-order valence-corrected chi connectivity index (χ3v) is 10.2. The van der Waals surface area contributed by atoms with Gasteiger partial charge in [0.15, 0.2) is 0 Å². The second-order valence-electron chi connectivity index (χ2n) is 15.5. The molecule has 16 nitrogen and oxygen atoms in total. The van der Waals surface area contributed by atoms with Crippen LogP contribution in [0.5, 0.6) is 23.0 Å². The van der Waals surface area contributed by atoms with Gasteiger partial charge in [-0.15, -0.1) is 0 Å². The summed E-state index contributed by atoms with van der Waals surface area (Å²) in [7, 11) is 4.50. The van der Waals surface area contributed by atoms with E-state index in [1.54, 1.807) is 50.6 Å². The monoisotopic (exact) mass is 894 g/mol. The smallest absolute Gasteiger partial charge is 0.339 e. The summed E-state index contributed by atoms with van der Waals surface area (Å²) in [6, 6.07) is 16.0. The van der Waals surface area contributed by atoms with E-state index in [4.69, 9.17) is 33.5 Å². The van der Waals surface area contributed by atoms with Crippen molar-refractivity contribution in [2.45, 2.75) is 77.4 Å². The van der Waals surface area contributed by atoms with Crippen LogP contribution in [0.25, 0.3) is 0 Å². The van der Waals surface area contributed by atoms with E-state index in [1.807, 2.05) is 13.8 Å². The van der Waals surface area contributed by atoms with Crippen molar-refractivity contribution in [3.63, 3.8) is 0 Å². The number of allylic oxidation sites excluding steroid dienone is 2. The third-order valence-electron chi connectivity index (χ3n) is 10.2. The Bertz CT molecular complexity index is 2260. The number of carboxylic acids is 1. The summed E-state index contributed by atoms with van der Waals surface area (Å²) in [5, 5.41) is 14.4. The lowest BCUT2D eigenvalue weighted by molar-refractivity contribution is 0.0599. The van der Waals surface area contributed by atoms with Crippen molar-refractivity contribution in [3.8, 4) is 23.0 Å². The Morgan fingerprint density at radius 1 is 0.600 bits per heavy atom. The minimum Gasteiger partial charge on any atom is -0.489 e. The van der Waals surface area contributed by atoms with Crippen molar-refractivity contribution in [1.29, 1.82) is 0 Å². The summed E-state index contributed by atoms with van der Waals surface area (Å²) in [5.74, 6) is 0.218. The van der Waals surface area contributed by atoms with E-state index in [-0.39, 0.29) is 29.5 Å². The molecule has 2 aliphatic carbocycles. The topological polar surface area (TPSA) is 203 Å². The molecule has 346 valence electrons. The molecule has 2 aromatic heterocycles. The van der Waals surface area contributed by atoms with Crippen LogP contribution >= 0.6 is 0 Å². The molecular weight excluding hydrogens is 837 g/mol. The lowest BCUT2D eigenvalue weighted by Gasteiger charge is -2.16. The highest BCUT2D eigenvalue weighted by molar-refractivity contribution is 6.05. The van der Waals surface area contributed by atoms with Crippen molar-refractivity contribution in [2.75, 3.05) is 58.4 Å². The number of benzene rings is 2. The second-order valence-corrected chi connectivity index (χ2v) is 15.5. The summed E-state index contributed by atoms with van der Waals surface area (Å²) in [4.78, 5) is 56.3. The van der Waals surface area contributed by atoms with E-state index in [1.165, 1.54) is 80.6 Å². The molecule has 3 N–H and O–H groups in total. The fourth-order valence-electron chi connectivity index (χ4n) is 6.97. The molecule has 2 atom stereocenters. The van der Waals surface area contributed by atoms with E-state index < -0.39 is 17.8 Å². The Morgan fingerprint density at radius 2 is 1.02 bits per heavy atom. The van der Waals surface area contributed by atoms with Crippen LogP contribution < -0.4 is 29.6 Å². The number of esters is 1. The number of nitrogens with one attached hydrogen (secondary N) is 2. The molecule has 0 unspecified atom stereocenters. The summed E-state index contributed by atoms with van der Waals surface area (Å²) < 4.78 is 38.5. The van der Waals surface area contributed by atoms with Crippen molar-refractivity contribution in [3.05, 3.63) is 119 Å². The Hall–Kier alpha value is -6.78. The maximum Gasteiger partial charge on any atom is 0.339 e. The van der Waals surface area contributed by atoms with Gasteiger partial charge in [0.05, 0.1) is 31.5 Å². The Kier molecular flexibility index (Phi) is 19.3. The number of nitrogens with zero attached hydrogens (tertiary/aromatic N) is 2. The van der Waals surface area contributed by atoms with Crippen LogP contribution in [0.2, 0.25) is 0 Å². The number of aromatic nitrogens is 2. The molecule has 2 aromatic carbocycles. The second kappa shape index (κ2) is 25.5. The Morgan fingerprint density at radius 3 is 1.38 bits per heavy atom. The highest BCUT2D eigenvalue weighted by Gasteiger charge is 2.17. The zero-order valence-corrected chi connectivity index (χ0v) is 37.6. The molecule has 0 radical (unpaired) electrons. The van der Waals surface area contributed by atoms with Crippen LogP contribution in [0, 0.1) is 0 Å². The fraction of sp³-hybridized carbons (Fsp3) is 0.388. The number of pyridine rings is 2. The minimum absolute atomic E-state index is 0.0394. The van der Waals surface area contributed by atoms with Crippen LogP contribution in [0.15, 0.2) is 96.4 Å². The SMILES string of the molecule is COC[C@H](C)Oc1cc(OCC=C2CCCC2)cc(C(=O)Nc2ccc(C(=O)O)cn2)c1.COC[C@H](C)Oc1cc(OCC=C2CCCC2)cc(C(=O)Nc2ccc(C(=O)OC)cn2)c1.